The van der Waals surface area contributed by atoms with E-state index in [2.05, 4.69) is 23.2 Å². The molecule has 0 aromatic carbocycles. The zero-order valence-corrected chi connectivity index (χ0v) is 5.41. The third-order valence-corrected chi connectivity index (χ3v) is 1.98. The maximum atomic E-state index is 9.72. The number of hydrogen-bond acceptors (Lipinski definition) is 3. The summed E-state index contributed by atoms with van der Waals surface area (Å²) in [6, 6.07) is 0. The van der Waals surface area contributed by atoms with Crippen molar-refractivity contribution in [2.45, 2.75) is 0 Å². The molecule has 0 saturated carbocycles. The minimum absolute atomic E-state index is 0.896. The van der Waals surface area contributed by atoms with E-state index in [-0.39, 0.29) is 0 Å². The van der Waals surface area contributed by atoms with Gasteiger partial charge >= 0.3 is 0 Å². The molecule has 7 heavy (non-hydrogen) atoms. The molecule has 0 spiro atoms. The smallest absolute Gasteiger partial charge is 0.138 e. The molecule has 0 amide bonds. The van der Waals surface area contributed by atoms with E-state index in [0.29, 0.717) is 0 Å². The SMILES string of the molecule is [O-]P(O)(O)=C(Cl)Cl. The fraction of sp³-hybridized carbons (Fsp3) is 0. The summed E-state index contributed by atoms with van der Waals surface area (Å²) in [6.07, 6.45) is 0. The summed E-state index contributed by atoms with van der Waals surface area (Å²) in [5, 5.41) is 0. The van der Waals surface area contributed by atoms with E-state index >= 15 is 0 Å². The molecule has 2 N–H and O–H groups in total. The molecule has 3 nitrogen and oxygen atoms in total. The molecule has 0 radical (unpaired) electrons. The molecule has 0 aliphatic rings. The second-order valence-corrected chi connectivity index (χ2v) is 3.80. The molecule has 0 aromatic rings. The normalized spacial score (nSPS) is 11.6. The van der Waals surface area contributed by atoms with E-state index in [1.807, 2.05) is 0 Å². The molecule has 6 heteroatoms. The Morgan fingerprint density at radius 1 is 1.43 bits per heavy atom. The van der Waals surface area contributed by atoms with Crippen LogP contribution in [0.25, 0.3) is 0 Å². The van der Waals surface area contributed by atoms with E-state index in [9.17, 15) is 4.89 Å². The topological polar surface area (TPSA) is 63.5 Å². The van der Waals surface area contributed by atoms with Crippen LogP contribution in [0.2, 0.25) is 0 Å². The summed E-state index contributed by atoms with van der Waals surface area (Å²) in [7, 11) is -4.29. The Bertz CT molecular complexity index is 102. The van der Waals surface area contributed by atoms with Crippen LogP contribution in [0.1, 0.15) is 0 Å². The number of hydrogen-bond donors (Lipinski definition) is 2. The molecule has 0 atom stereocenters. The molecule has 0 rings (SSSR count). The first-order chi connectivity index (χ1) is 2.94. The van der Waals surface area contributed by atoms with Gasteiger partial charge in [-0.15, -0.1) is 0 Å². The van der Waals surface area contributed by atoms with Gasteiger partial charge in [0.15, 0.2) is 0 Å². The molecule has 0 heterocycles. The van der Waals surface area contributed by atoms with Crippen LogP contribution in [0.3, 0.4) is 0 Å². The summed E-state index contributed by atoms with van der Waals surface area (Å²) >= 11 is 9.35. The highest BCUT2D eigenvalue weighted by atomic mass is 35.5. The van der Waals surface area contributed by atoms with Crippen molar-refractivity contribution in [2.24, 2.45) is 0 Å². The molecule has 0 bridgehead atoms. The van der Waals surface area contributed by atoms with E-state index in [1.54, 1.807) is 0 Å². The van der Waals surface area contributed by atoms with Crippen molar-refractivity contribution in [2.75, 3.05) is 0 Å². The van der Waals surface area contributed by atoms with E-state index < -0.39 is 11.8 Å². The fourth-order valence-electron chi connectivity index (χ4n) is 0. The molecule has 0 unspecified atom stereocenters. The van der Waals surface area contributed by atoms with Crippen molar-refractivity contribution >= 4 is 35.0 Å². The Hall–Kier alpha value is 0.760. The van der Waals surface area contributed by atoms with Gasteiger partial charge in [-0.25, -0.2) is 0 Å². The van der Waals surface area contributed by atoms with E-state index in [4.69, 9.17) is 9.79 Å². The molecular weight excluding hydrogens is 162 g/mol. The summed E-state index contributed by atoms with van der Waals surface area (Å²) in [4.78, 5) is 25.5. The zero-order valence-electron chi connectivity index (χ0n) is 3.01. The third kappa shape index (κ3) is 3.35. The van der Waals surface area contributed by atoms with Crippen molar-refractivity contribution in [3.05, 3.63) is 0 Å². The van der Waals surface area contributed by atoms with E-state index in [1.165, 1.54) is 0 Å². The van der Waals surface area contributed by atoms with E-state index in [0.717, 1.165) is 0 Å². The number of halogens is 2. The average Bonchev–Trinajstić information content (AvgIpc) is 1.31. The van der Waals surface area contributed by atoms with Gasteiger partial charge in [0.1, 0.15) is 4.21 Å². The summed E-state index contributed by atoms with van der Waals surface area (Å²) < 4.78 is -0.896. The van der Waals surface area contributed by atoms with Crippen LogP contribution in [0, 0.1) is 0 Å². The van der Waals surface area contributed by atoms with Crippen molar-refractivity contribution in [1.29, 1.82) is 0 Å². The molecule has 0 saturated heterocycles. The highest BCUT2D eigenvalue weighted by molar-refractivity contribution is 7.67. The minimum Gasteiger partial charge on any atom is -0.787 e. The van der Waals surface area contributed by atoms with Crippen LogP contribution in [-0.2, 0) is 0 Å². The van der Waals surface area contributed by atoms with Crippen LogP contribution >= 0.6 is 30.8 Å². The molecule has 0 aromatic heterocycles. The van der Waals surface area contributed by atoms with Crippen molar-refractivity contribution in [3.8, 4) is 0 Å². The van der Waals surface area contributed by atoms with Crippen LogP contribution in [0.15, 0.2) is 0 Å². The van der Waals surface area contributed by atoms with Gasteiger partial charge in [0.25, 0.3) is 0 Å². The first kappa shape index (κ1) is 7.76. The van der Waals surface area contributed by atoms with Gasteiger partial charge in [0.2, 0.25) is 0 Å². The summed E-state index contributed by atoms with van der Waals surface area (Å²) in [6.45, 7) is 0. The monoisotopic (exact) mass is 163 g/mol. The predicted octanol–water partition coefficient (Wildman–Crippen LogP) is -0.341. The van der Waals surface area contributed by atoms with Gasteiger partial charge in [0.05, 0.1) is 7.57 Å². The lowest BCUT2D eigenvalue weighted by Gasteiger charge is -2.15. The fourth-order valence-corrected chi connectivity index (χ4v) is 0. The molecular formula is CH2Cl2O3P-. The second-order valence-electron chi connectivity index (χ2n) is 0.784. The van der Waals surface area contributed by atoms with Crippen molar-refractivity contribution in [1.82, 2.24) is 0 Å². The largest absolute Gasteiger partial charge is 0.787 e. The van der Waals surface area contributed by atoms with Gasteiger partial charge in [-0.05, 0) is 0 Å². The van der Waals surface area contributed by atoms with Crippen molar-refractivity contribution < 1.29 is 14.7 Å². The molecule has 0 aliphatic heterocycles. The van der Waals surface area contributed by atoms with Gasteiger partial charge in [-0.3, -0.25) is 0 Å². The lowest BCUT2D eigenvalue weighted by atomic mass is 11.9. The maximum absolute atomic E-state index is 9.72. The highest BCUT2D eigenvalue weighted by Gasteiger charge is 1.94. The first-order valence-electron chi connectivity index (χ1n) is 1.18. The zero-order chi connectivity index (χ0) is 6.08. The highest BCUT2D eigenvalue weighted by Crippen LogP contribution is 2.30. The lowest BCUT2D eigenvalue weighted by Crippen LogP contribution is -2.01. The van der Waals surface area contributed by atoms with Crippen LogP contribution in [-0.4, -0.2) is 14.0 Å². The Balaban J connectivity index is 4.28. The maximum Gasteiger partial charge on any atom is 0.138 e. The third-order valence-electron chi connectivity index (χ3n) is 0.220. The molecule has 44 valence electrons. The Morgan fingerprint density at radius 3 is 1.57 bits per heavy atom. The standard InChI is InChI=1S/CH2Cl2O3P/c2-1(3)7(4,5)6/h(H2-,4,5,6)/q-1. The average molecular weight is 164 g/mol. The van der Waals surface area contributed by atoms with Gasteiger partial charge in [-0.1, -0.05) is 23.2 Å². The second kappa shape index (κ2) is 2.35. The molecule has 0 aliphatic carbocycles. The summed E-state index contributed by atoms with van der Waals surface area (Å²) in [5.74, 6) is 0. The Labute approximate surface area is 50.3 Å². The quantitative estimate of drug-likeness (QED) is 0.481. The van der Waals surface area contributed by atoms with Crippen LogP contribution < -0.4 is 4.89 Å². The van der Waals surface area contributed by atoms with Crippen LogP contribution in [0.5, 0.6) is 0 Å². The Kier molecular flexibility index (Phi) is 2.61. The predicted molar refractivity (Wildman–Crippen MR) is 28.1 cm³/mol. The summed E-state index contributed by atoms with van der Waals surface area (Å²) in [5.41, 5.74) is 0. The van der Waals surface area contributed by atoms with Crippen LogP contribution in [0.4, 0.5) is 0 Å². The first-order valence-corrected chi connectivity index (χ1v) is 3.55. The molecule has 0 fully saturated rings. The van der Waals surface area contributed by atoms with Crippen molar-refractivity contribution in [3.63, 3.8) is 0 Å². The minimum atomic E-state index is -4.29. The Morgan fingerprint density at radius 2 is 1.57 bits per heavy atom. The van der Waals surface area contributed by atoms with Gasteiger partial charge in [-0.2, -0.15) is 0 Å². The lowest BCUT2D eigenvalue weighted by molar-refractivity contribution is -0.197. The number of rotatable bonds is 0. The van der Waals surface area contributed by atoms with Gasteiger partial charge in [0, 0.05) is 0 Å². The van der Waals surface area contributed by atoms with Gasteiger partial charge < -0.3 is 14.7 Å².